The molecule has 1 atom stereocenters. The molecule has 12 nitrogen and oxygen atoms in total. The van der Waals surface area contributed by atoms with E-state index in [4.69, 9.17) is 4.74 Å². The van der Waals surface area contributed by atoms with Gasteiger partial charge in [0.05, 0.1) is 5.69 Å². The number of carbonyl (C=O) groups excluding carboxylic acids is 4. The zero-order valence-electron chi connectivity index (χ0n) is 27.0. The van der Waals surface area contributed by atoms with Crippen molar-refractivity contribution >= 4 is 46.5 Å². The van der Waals surface area contributed by atoms with Crippen molar-refractivity contribution in [2.45, 2.75) is 26.4 Å². The number of benzene rings is 4. The predicted octanol–water partition coefficient (Wildman–Crippen LogP) is 4.35. The Morgan fingerprint density at radius 3 is 1.98 bits per heavy atom. The summed E-state index contributed by atoms with van der Waals surface area (Å²) in [5, 5.41) is 19.8. The number of amidine groups is 1. The molecule has 0 fully saturated rings. The van der Waals surface area contributed by atoms with Crippen LogP contribution in [0.2, 0.25) is 0 Å². The lowest BCUT2D eigenvalue weighted by atomic mass is 10.1. The van der Waals surface area contributed by atoms with Crippen LogP contribution in [0.1, 0.15) is 31.1 Å². The van der Waals surface area contributed by atoms with Crippen molar-refractivity contribution in [1.82, 2.24) is 16.0 Å². The molecule has 0 saturated heterocycles. The third-order valence-corrected chi connectivity index (χ3v) is 6.79. The Morgan fingerprint density at radius 1 is 0.771 bits per heavy atom. The van der Waals surface area contributed by atoms with Gasteiger partial charge in [0, 0.05) is 23.9 Å². The van der Waals surface area contributed by atoms with E-state index < -0.39 is 29.3 Å². The Hall–Kier alpha value is -6.01. The monoisotopic (exact) mass is 649 g/mol. The molecule has 0 radical (unpaired) electrons. The Labute approximate surface area is 279 Å². The van der Waals surface area contributed by atoms with Crippen molar-refractivity contribution < 1.29 is 23.9 Å². The third kappa shape index (κ3) is 9.27. The van der Waals surface area contributed by atoms with Gasteiger partial charge in [0.15, 0.2) is 12.4 Å². The minimum absolute atomic E-state index is 0.142. The van der Waals surface area contributed by atoms with Crippen molar-refractivity contribution in [3.05, 3.63) is 121 Å². The summed E-state index contributed by atoms with van der Waals surface area (Å²) < 4.78 is 5.48. The molecule has 0 saturated carbocycles. The van der Waals surface area contributed by atoms with Crippen LogP contribution < -0.4 is 36.3 Å². The minimum Gasteiger partial charge on any atom is -0.484 e. The summed E-state index contributed by atoms with van der Waals surface area (Å²) in [6.45, 7) is 7.43. The summed E-state index contributed by atoms with van der Waals surface area (Å²) in [5.74, 6) is -1.79. The Kier molecular flexibility index (Phi) is 12.4. The largest absolute Gasteiger partial charge is 0.484 e. The molecule has 5 N–H and O–H groups in total. The van der Waals surface area contributed by atoms with Crippen molar-refractivity contribution in [3.63, 3.8) is 0 Å². The van der Waals surface area contributed by atoms with Crippen molar-refractivity contribution in [2.24, 2.45) is 5.10 Å². The minimum atomic E-state index is -1.93. The van der Waals surface area contributed by atoms with Crippen LogP contribution in [0.3, 0.4) is 0 Å². The van der Waals surface area contributed by atoms with Crippen LogP contribution in [0.25, 0.3) is 0 Å². The lowest BCUT2D eigenvalue weighted by Gasteiger charge is -2.31. The number of hydrogen-bond donors (Lipinski definition) is 5. The van der Waals surface area contributed by atoms with Gasteiger partial charge in [-0.05, 0) is 67.7 Å². The highest BCUT2D eigenvalue weighted by atomic mass is 16.5. The van der Waals surface area contributed by atoms with E-state index in [0.717, 1.165) is 18.1 Å². The molecule has 1 aliphatic rings. The topological polar surface area (TPSA) is 153 Å². The molecule has 0 bridgehead atoms. The molecule has 248 valence electrons. The van der Waals surface area contributed by atoms with Crippen LogP contribution >= 0.6 is 0 Å². The van der Waals surface area contributed by atoms with E-state index in [1.807, 2.05) is 6.07 Å². The number of hydrogen-bond acceptors (Lipinski definition) is 8. The van der Waals surface area contributed by atoms with Crippen LogP contribution in [0, 0.1) is 0 Å². The van der Waals surface area contributed by atoms with Crippen molar-refractivity contribution in [2.75, 3.05) is 35.3 Å². The average molecular weight is 650 g/mol. The van der Waals surface area contributed by atoms with Gasteiger partial charge in [-0.2, -0.15) is 5.01 Å². The number of ether oxygens (including phenoxy) is 1. The molecule has 4 aromatic rings. The van der Waals surface area contributed by atoms with Gasteiger partial charge in [0.25, 0.3) is 17.5 Å². The Bertz CT molecular complexity index is 1720. The predicted molar refractivity (Wildman–Crippen MR) is 187 cm³/mol. The number of nitrogens with one attached hydrogen (secondary N) is 5. The van der Waals surface area contributed by atoms with E-state index in [9.17, 15) is 19.2 Å². The van der Waals surface area contributed by atoms with Crippen LogP contribution in [-0.4, -0.2) is 54.8 Å². The highest BCUT2D eigenvalue weighted by Crippen LogP contribution is 2.28. The Morgan fingerprint density at radius 2 is 1.38 bits per heavy atom. The third-order valence-electron chi connectivity index (χ3n) is 6.79. The van der Waals surface area contributed by atoms with Crippen molar-refractivity contribution in [1.29, 1.82) is 0 Å². The van der Waals surface area contributed by atoms with E-state index in [1.165, 1.54) is 13.0 Å². The number of amides is 4. The molecule has 4 amide bonds. The fourth-order valence-electron chi connectivity index (χ4n) is 4.63. The van der Waals surface area contributed by atoms with E-state index in [-0.39, 0.29) is 18.0 Å². The van der Waals surface area contributed by atoms with Gasteiger partial charge >= 0.3 is 5.91 Å². The first kappa shape index (κ1) is 34.9. The van der Waals surface area contributed by atoms with Gasteiger partial charge in [0.1, 0.15) is 5.75 Å². The normalized spacial score (nSPS) is 14.9. The van der Waals surface area contributed by atoms with Gasteiger partial charge in [-0.3, -0.25) is 19.2 Å². The van der Waals surface area contributed by atoms with Crippen LogP contribution in [0.15, 0.2) is 120 Å². The molecular weight excluding hydrogens is 610 g/mol. The lowest BCUT2D eigenvalue weighted by Crippen LogP contribution is -2.67. The fraction of sp³-hybridized carbons (Fsp3) is 0.194. The highest BCUT2D eigenvalue weighted by molar-refractivity contribution is 6.28. The zero-order chi connectivity index (χ0) is 34.4. The second kappa shape index (κ2) is 17.1. The maximum atomic E-state index is 14.0. The second-order valence-electron chi connectivity index (χ2n) is 10.5. The molecule has 5 rings (SSSR count). The highest BCUT2D eigenvalue weighted by Gasteiger charge is 2.54. The van der Waals surface area contributed by atoms with Crippen LogP contribution in [0.5, 0.6) is 5.75 Å². The molecule has 0 spiro atoms. The lowest BCUT2D eigenvalue weighted by molar-refractivity contribution is -0.127. The summed E-state index contributed by atoms with van der Waals surface area (Å²) in [5.41, 5.74) is -0.460. The molecule has 0 aromatic heterocycles. The van der Waals surface area contributed by atoms with E-state index >= 15 is 0 Å². The number of rotatable bonds is 11. The van der Waals surface area contributed by atoms with E-state index in [2.05, 4.69) is 45.5 Å². The SMILES string of the molecule is CC(=O)NC1(Nc2ccccc2)C(=O)N(c2ccccc2)N=C1NC(=O)c1cccc(NC(=O)COc2ccccc2)c1.CCNCC. The molecule has 0 aliphatic carbocycles. The number of anilines is 3. The van der Waals surface area contributed by atoms with Gasteiger partial charge < -0.3 is 31.3 Å². The average Bonchev–Trinajstić information content (AvgIpc) is 3.35. The number of carbonyl (C=O) groups is 4. The summed E-state index contributed by atoms with van der Waals surface area (Å²) >= 11 is 0. The molecular formula is C36H39N7O5. The molecule has 1 heterocycles. The van der Waals surface area contributed by atoms with E-state index in [0.29, 0.717) is 22.8 Å². The fourth-order valence-corrected chi connectivity index (χ4v) is 4.63. The molecule has 48 heavy (non-hydrogen) atoms. The van der Waals surface area contributed by atoms with Gasteiger partial charge in [-0.15, -0.1) is 5.10 Å². The maximum Gasteiger partial charge on any atom is 0.302 e. The van der Waals surface area contributed by atoms with Crippen molar-refractivity contribution in [3.8, 4) is 5.75 Å². The summed E-state index contributed by atoms with van der Waals surface area (Å²) in [6, 6.07) is 32.6. The first-order valence-corrected chi connectivity index (χ1v) is 15.5. The zero-order valence-corrected chi connectivity index (χ0v) is 27.0. The second-order valence-corrected chi connectivity index (χ2v) is 10.5. The van der Waals surface area contributed by atoms with Crippen LogP contribution in [0.4, 0.5) is 17.1 Å². The molecule has 1 unspecified atom stereocenters. The summed E-state index contributed by atoms with van der Waals surface area (Å²) in [4.78, 5) is 52.4. The number of para-hydroxylation sites is 3. The molecule has 12 heteroatoms. The van der Waals surface area contributed by atoms with Gasteiger partial charge in [0.2, 0.25) is 5.91 Å². The van der Waals surface area contributed by atoms with Crippen LogP contribution in [-0.2, 0) is 14.4 Å². The smallest absolute Gasteiger partial charge is 0.302 e. The molecule has 1 aliphatic heterocycles. The van der Waals surface area contributed by atoms with Gasteiger partial charge in [-0.25, -0.2) is 0 Å². The number of hydrazone groups is 1. The Balaban J connectivity index is 0.000000968. The van der Waals surface area contributed by atoms with E-state index in [1.54, 1.807) is 103 Å². The first-order valence-electron chi connectivity index (χ1n) is 15.5. The number of nitrogens with zero attached hydrogens (tertiary/aromatic N) is 2. The quantitative estimate of drug-likeness (QED) is 0.151. The molecule has 4 aromatic carbocycles. The summed E-state index contributed by atoms with van der Waals surface area (Å²) in [6.07, 6.45) is 0. The summed E-state index contributed by atoms with van der Waals surface area (Å²) in [7, 11) is 0. The van der Waals surface area contributed by atoms with Gasteiger partial charge in [-0.1, -0.05) is 74.5 Å². The first-order chi connectivity index (χ1) is 23.3. The standard InChI is InChI=1S/C32H28N6O5.C4H11N/c1-22(39)35-32(36-24-13-5-2-6-14-24)30(37-38(31(32)42)26-16-7-3-8-17-26)34-29(41)23-12-11-15-25(20-23)33-28(40)21-43-27-18-9-4-10-19-27;1-3-5-4-2/h2-20,36H,21H2,1H3,(H,33,40)(H,35,39)(H,34,37,41);5H,3-4H2,1-2H3. The maximum absolute atomic E-state index is 14.0.